The van der Waals surface area contributed by atoms with E-state index in [0.717, 1.165) is 5.82 Å². The Kier molecular flexibility index (Phi) is 3.74. The van der Waals surface area contributed by atoms with Gasteiger partial charge in [-0.2, -0.15) is 15.0 Å². The summed E-state index contributed by atoms with van der Waals surface area (Å²) in [5, 5.41) is 10.9. The third-order valence-electron chi connectivity index (χ3n) is 2.38. The fraction of sp³-hybridized carbons (Fsp3) is 0.500. The van der Waals surface area contributed by atoms with Crippen molar-refractivity contribution in [1.29, 1.82) is 0 Å². The second-order valence-corrected chi connectivity index (χ2v) is 3.90. The van der Waals surface area contributed by atoms with Crippen LogP contribution < -0.4 is 15.8 Å². The summed E-state index contributed by atoms with van der Waals surface area (Å²) in [4.78, 5) is 12.0. The summed E-state index contributed by atoms with van der Waals surface area (Å²) in [5.74, 6) is 1.20. The van der Waals surface area contributed by atoms with Gasteiger partial charge < -0.3 is 20.4 Å². The zero-order valence-electron chi connectivity index (χ0n) is 11.0. The number of hydrogen-bond acceptors (Lipinski definition) is 8. The van der Waals surface area contributed by atoms with Gasteiger partial charge >= 0.3 is 6.01 Å². The maximum absolute atomic E-state index is 5.60. The minimum atomic E-state index is -0.122. The molecule has 0 aliphatic heterocycles. The molecule has 0 bridgehead atoms. The van der Waals surface area contributed by atoms with E-state index in [0.29, 0.717) is 12.6 Å². The second kappa shape index (κ2) is 5.46. The molecule has 3 N–H and O–H groups in total. The largest absolute Gasteiger partial charge is 0.464 e. The lowest BCUT2D eigenvalue weighted by atomic mass is 10.3. The summed E-state index contributed by atoms with van der Waals surface area (Å²) in [5.41, 5.74) is 5.60. The molecule has 0 aromatic carbocycles. The summed E-state index contributed by atoms with van der Waals surface area (Å²) in [6.45, 7) is 4.22. The molecule has 0 aliphatic rings. The lowest BCUT2D eigenvalue weighted by Gasteiger charge is -2.13. The normalized spacial score (nSPS) is 12.2. The highest BCUT2D eigenvalue weighted by atomic mass is 16.5. The first-order valence-electron chi connectivity index (χ1n) is 5.85. The van der Waals surface area contributed by atoms with Gasteiger partial charge in [0, 0.05) is 7.05 Å². The molecule has 2 aromatic rings. The maximum Gasteiger partial charge on any atom is 0.323 e. The molecule has 0 amide bonds. The van der Waals surface area contributed by atoms with E-state index in [1.165, 1.54) is 0 Å². The lowest BCUT2D eigenvalue weighted by Crippen LogP contribution is -2.15. The summed E-state index contributed by atoms with van der Waals surface area (Å²) in [7, 11) is 1.86. The van der Waals surface area contributed by atoms with Gasteiger partial charge in [-0.05, 0) is 13.8 Å². The van der Waals surface area contributed by atoms with Crippen molar-refractivity contribution in [3.05, 3.63) is 12.2 Å². The highest BCUT2D eigenvalue weighted by Crippen LogP contribution is 2.16. The lowest BCUT2D eigenvalue weighted by molar-refractivity contribution is 0.312. The number of anilines is 2. The number of nitrogens with two attached hydrogens (primary N) is 1. The number of rotatable bonds is 5. The average Bonchev–Trinajstić information content (AvgIpc) is 2.75. The van der Waals surface area contributed by atoms with Crippen LogP contribution in [0, 0.1) is 0 Å². The van der Waals surface area contributed by atoms with Crippen molar-refractivity contribution >= 4 is 11.9 Å². The first-order chi connectivity index (χ1) is 9.10. The molecule has 2 aromatic heterocycles. The number of hydrogen-bond donors (Lipinski definition) is 2. The van der Waals surface area contributed by atoms with Gasteiger partial charge in [0.05, 0.1) is 12.6 Å². The summed E-state index contributed by atoms with van der Waals surface area (Å²) < 4.78 is 7.02. The third kappa shape index (κ3) is 3.06. The molecule has 0 aliphatic carbocycles. The molecule has 102 valence electrons. The van der Waals surface area contributed by atoms with Gasteiger partial charge in [0.25, 0.3) is 0 Å². The van der Waals surface area contributed by atoms with Gasteiger partial charge in [-0.1, -0.05) is 0 Å². The van der Waals surface area contributed by atoms with Gasteiger partial charge in [0.1, 0.15) is 6.33 Å². The Bertz CT molecular complexity index is 554. The number of nitrogen functional groups attached to an aromatic ring is 1. The smallest absolute Gasteiger partial charge is 0.323 e. The van der Waals surface area contributed by atoms with Crippen LogP contribution in [-0.2, 0) is 7.05 Å². The molecule has 2 rings (SSSR count). The van der Waals surface area contributed by atoms with E-state index < -0.39 is 0 Å². The molecular weight excluding hydrogens is 248 g/mol. The van der Waals surface area contributed by atoms with Crippen molar-refractivity contribution in [2.75, 3.05) is 17.7 Å². The van der Waals surface area contributed by atoms with E-state index in [2.05, 4.69) is 30.5 Å². The first-order valence-corrected chi connectivity index (χ1v) is 5.85. The summed E-state index contributed by atoms with van der Waals surface area (Å²) in [6.07, 6.45) is 1.63. The molecule has 0 radical (unpaired) electrons. The van der Waals surface area contributed by atoms with Gasteiger partial charge in [0.2, 0.25) is 11.9 Å². The molecule has 1 unspecified atom stereocenters. The van der Waals surface area contributed by atoms with Gasteiger partial charge in [-0.3, -0.25) is 0 Å². The number of nitrogens with one attached hydrogen (secondary N) is 1. The maximum atomic E-state index is 5.60. The SMILES string of the molecule is CCOc1nc(N)nc(NC(C)c2nncn2C)n1. The van der Waals surface area contributed by atoms with Crippen molar-refractivity contribution in [3.63, 3.8) is 0 Å². The van der Waals surface area contributed by atoms with Gasteiger partial charge in [-0.25, -0.2) is 0 Å². The highest BCUT2D eigenvalue weighted by Gasteiger charge is 2.14. The average molecular weight is 264 g/mol. The minimum Gasteiger partial charge on any atom is -0.464 e. The van der Waals surface area contributed by atoms with Crippen LogP contribution in [0.3, 0.4) is 0 Å². The molecule has 1 atom stereocenters. The van der Waals surface area contributed by atoms with Crippen LogP contribution in [0.4, 0.5) is 11.9 Å². The number of ether oxygens (including phenoxy) is 1. The predicted molar refractivity (Wildman–Crippen MR) is 68.4 cm³/mol. The van der Waals surface area contributed by atoms with Crippen molar-refractivity contribution in [3.8, 4) is 6.01 Å². The second-order valence-electron chi connectivity index (χ2n) is 3.90. The molecule has 0 saturated heterocycles. The Hall–Kier alpha value is -2.45. The van der Waals surface area contributed by atoms with E-state index in [-0.39, 0.29) is 18.0 Å². The van der Waals surface area contributed by atoms with Crippen molar-refractivity contribution in [2.24, 2.45) is 7.05 Å². The predicted octanol–water partition coefficient (Wildman–Crippen LogP) is 0.154. The Morgan fingerprint density at radius 1 is 1.42 bits per heavy atom. The molecule has 9 nitrogen and oxygen atoms in total. The van der Waals surface area contributed by atoms with E-state index in [9.17, 15) is 0 Å². The number of nitrogens with zero attached hydrogens (tertiary/aromatic N) is 6. The summed E-state index contributed by atoms with van der Waals surface area (Å²) in [6, 6.07) is 0.0754. The standard InChI is InChI=1S/C10H16N8O/c1-4-19-10-15-8(11)14-9(16-10)13-6(2)7-17-12-5-18(7)3/h5-6H,4H2,1-3H3,(H3,11,13,14,15,16). The Labute approximate surface area is 110 Å². The topological polar surface area (TPSA) is 117 Å². The van der Waals surface area contributed by atoms with E-state index in [1.807, 2.05) is 25.5 Å². The van der Waals surface area contributed by atoms with Crippen LogP contribution in [-0.4, -0.2) is 36.3 Å². The molecule has 9 heteroatoms. The van der Waals surface area contributed by atoms with Crippen LogP contribution in [0.25, 0.3) is 0 Å². The molecule has 0 saturated carbocycles. The minimum absolute atomic E-state index is 0.103. The van der Waals surface area contributed by atoms with Gasteiger partial charge in [-0.15, -0.1) is 10.2 Å². The third-order valence-corrected chi connectivity index (χ3v) is 2.38. The Morgan fingerprint density at radius 3 is 2.84 bits per heavy atom. The monoisotopic (exact) mass is 264 g/mol. The zero-order chi connectivity index (χ0) is 13.8. The summed E-state index contributed by atoms with van der Waals surface area (Å²) >= 11 is 0. The molecule has 0 spiro atoms. The highest BCUT2D eigenvalue weighted by molar-refractivity contribution is 5.34. The van der Waals surface area contributed by atoms with E-state index in [1.54, 1.807) is 6.33 Å². The first kappa shape index (κ1) is 13.0. The van der Waals surface area contributed by atoms with Crippen molar-refractivity contribution in [2.45, 2.75) is 19.9 Å². The van der Waals surface area contributed by atoms with Crippen LogP contribution in [0.2, 0.25) is 0 Å². The van der Waals surface area contributed by atoms with Gasteiger partial charge in [0.15, 0.2) is 5.82 Å². The number of aromatic nitrogens is 6. The van der Waals surface area contributed by atoms with Crippen LogP contribution >= 0.6 is 0 Å². The number of aryl methyl sites for hydroxylation is 1. The fourth-order valence-electron chi connectivity index (χ4n) is 1.57. The van der Waals surface area contributed by atoms with Crippen LogP contribution in [0.1, 0.15) is 25.7 Å². The molecule has 2 heterocycles. The molecular formula is C10H16N8O. The van der Waals surface area contributed by atoms with Crippen LogP contribution in [0.15, 0.2) is 6.33 Å². The van der Waals surface area contributed by atoms with Crippen molar-refractivity contribution < 1.29 is 4.74 Å². The van der Waals surface area contributed by atoms with E-state index >= 15 is 0 Å². The Balaban J connectivity index is 2.16. The van der Waals surface area contributed by atoms with E-state index in [4.69, 9.17) is 10.5 Å². The van der Waals surface area contributed by atoms with Crippen molar-refractivity contribution in [1.82, 2.24) is 29.7 Å². The van der Waals surface area contributed by atoms with Crippen LogP contribution in [0.5, 0.6) is 6.01 Å². The molecule has 0 fully saturated rings. The molecule has 19 heavy (non-hydrogen) atoms. The zero-order valence-corrected chi connectivity index (χ0v) is 11.0. The fourth-order valence-corrected chi connectivity index (χ4v) is 1.57. The Morgan fingerprint density at radius 2 is 2.21 bits per heavy atom. The quantitative estimate of drug-likeness (QED) is 0.784.